The summed E-state index contributed by atoms with van der Waals surface area (Å²) in [5.41, 5.74) is 4.59. The van der Waals surface area contributed by atoms with Crippen LogP contribution in [0.4, 0.5) is 11.4 Å². The third-order valence-electron chi connectivity index (χ3n) is 5.40. The minimum absolute atomic E-state index is 0.171. The third kappa shape index (κ3) is 4.49. The van der Waals surface area contributed by atoms with Gasteiger partial charge in [-0.05, 0) is 37.2 Å². The number of carbonyl (C=O) groups excluding carboxylic acids is 1. The molecule has 1 aliphatic heterocycles. The van der Waals surface area contributed by atoms with Crippen molar-refractivity contribution in [2.75, 3.05) is 42.9 Å². The van der Waals surface area contributed by atoms with Crippen molar-refractivity contribution in [1.82, 2.24) is 9.88 Å². The number of hydrogen-bond donors (Lipinski definition) is 1. The molecule has 1 saturated heterocycles. The van der Waals surface area contributed by atoms with Crippen LogP contribution in [0.1, 0.15) is 23.0 Å². The largest absolute Gasteiger partial charge is 0.369 e. The van der Waals surface area contributed by atoms with Gasteiger partial charge in [-0.1, -0.05) is 37.3 Å². The van der Waals surface area contributed by atoms with Crippen LogP contribution < -0.4 is 10.2 Å². The zero-order chi connectivity index (χ0) is 20.2. The van der Waals surface area contributed by atoms with Gasteiger partial charge in [-0.3, -0.25) is 4.79 Å². The molecule has 0 unspecified atom stereocenters. The van der Waals surface area contributed by atoms with Crippen LogP contribution in [0.15, 0.2) is 53.9 Å². The summed E-state index contributed by atoms with van der Waals surface area (Å²) in [5, 5.41) is 5.69. The van der Waals surface area contributed by atoms with Gasteiger partial charge in [-0.15, -0.1) is 11.3 Å². The Kier molecular flexibility index (Phi) is 5.92. The lowest BCUT2D eigenvalue weighted by Gasteiger charge is -2.35. The molecule has 1 fully saturated rings. The quantitative estimate of drug-likeness (QED) is 0.677. The van der Waals surface area contributed by atoms with Crippen molar-refractivity contribution >= 4 is 28.6 Å². The summed E-state index contributed by atoms with van der Waals surface area (Å²) in [7, 11) is 0. The van der Waals surface area contributed by atoms with Crippen molar-refractivity contribution in [1.29, 1.82) is 0 Å². The van der Waals surface area contributed by atoms with Crippen LogP contribution in [0.25, 0.3) is 10.6 Å². The predicted octanol–water partition coefficient (Wildman–Crippen LogP) is 4.51. The molecule has 6 heteroatoms. The number of benzene rings is 2. The first-order valence-corrected chi connectivity index (χ1v) is 10.9. The number of nitrogens with zero attached hydrogens (tertiary/aromatic N) is 3. The maximum atomic E-state index is 12.7. The highest BCUT2D eigenvalue weighted by molar-refractivity contribution is 7.13. The lowest BCUT2D eigenvalue weighted by atomic mass is 10.1. The average Bonchev–Trinajstić information content (AvgIpc) is 3.26. The average molecular weight is 407 g/mol. The molecule has 1 aromatic heterocycles. The molecule has 3 aromatic rings. The summed E-state index contributed by atoms with van der Waals surface area (Å²) in [6.07, 6.45) is 0. The van der Waals surface area contributed by atoms with E-state index in [0.717, 1.165) is 54.5 Å². The molecule has 1 amide bonds. The van der Waals surface area contributed by atoms with Gasteiger partial charge in [-0.2, -0.15) is 0 Å². The number of nitrogens with one attached hydrogen (secondary N) is 1. The van der Waals surface area contributed by atoms with Gasteiger partial charge in [0.1, 0.15) is 10.7 Å². The fourth-order valence-corrected chi connectivity index (χ4v) is 4.39. The van der Waals surface area contributed by atoms with Crippen molar-refractivity contribution in [3.63, 3.8) is 0 Å². The maximum Gasteiger partial charge on any atom is 0.275 e. The Labute approximate surface area is 176 Å². The van der Waals surface area contributed by atoms with E-state index in [0.29, 0.717) is 5.69 Å². The summed E-state index contributed by atoms with van der Waals surface area (Å²) in [6, 6.07) is 16.2. The SMILES string of the molecule is CCN1CCN(c2ccc(NC(=O)c3csc(-c4ccccc4)n3)c(C)c2)CC1. The Hall–Kier alpha value is -2.70. The highest BCUT2D eigenvalue weighted by atomic mass is 32.1. The number of carbonyl (C=O) groups is 1. The Bertz CT molecular complexity index is 978. The monoisotopic (exact) mass is 406 g/mol. The normalized spacial score (nSPS) is 14.8. The standard InChI is InChI=1S/C23H26N4OS/c1-3-26-11-13-27(14-12-26)19-9-10-20(17(2)15-19)24-22(28)21-16-29-23(25-21)18-7-5-4-6-8-18/h4-10,15-16H,3,11-14H2,1-2H3,(H,24,28). The summed E-state index contributed by atoms with van der Waals surface area (Å²) in [4.78, 5) is 22.1. The summed E-state index contributed by atoms with van der Waals surface area (Å²) in [6.45, 7) is 9.64. The second kappa shape index (κ2) is 8.76. The van der Waals surface area contributed by atoms with Gasteiger partial charge >= 0.3 is 0 Å². The zero-order valence-electron chi connectivity index (χ0n) is 16.9. The number of rotatable bonds is 5. The molecule has 0 aliphatic carbocycles. The molecule has 0 spiro atoms. The van der Waals surface area contributed by atoms with E-state index in [1.54, 1.807) is 0 Å². The molecular formula is C23H26N4OS. The van der Waals surface area contributed by atoms with E-state index in [1.165, 1.54) is 17.0 Å². The molecule has 1 N–H and O–H groups in total. The number of aryl methyl sites for hydroxylation is 1. The molecule has 0 atom stereocenters. The van der Waals surface area contributed by atoms with Crippen molar-refractivity contribution in [2.24, 2.45) is 0 Å². The zero-order valence-corrected chi connectivity index (χ0v) is 17.7. The van der Waals surface area contributed by atoms with Crippen molar-refractivity contribution < 1.29 is 4.79 Å². The molecule has 2 heterocycles. The topological polar surface area (TPSA) is 48.5 Å². The fraction of sp³-hybridized carbons (Fsp3) is 0.304. The minimum atomic E-state index is -0.171. The third-order valence-corrected chi connectivity index (χ3v) is 6.29. The van der Waals surface area contributed by atoms with Gasteiger partial charge in [0.2, 0.25) is 0 Å². The number of piperazine rings is 1. The lowest BCUT2D eigenvalue weighted by Crippen LogP contribution is -2.46. The van der Waals surface area contributed by atoms with Gasteiger partial charge in [0.25, 0.3) is 5.91 Å². The molecule has 150 valence electrons. The lowest BCUT2D eigenvalue weighted by molar-refractivity contribution is 0.102. The van der Waals surface area contributed by atoms with Crippen LogP contribution in [-0.4, -0.2) is 48.5 Å². The van der Waals surface area contributed by atoms with E-state index in [9.17, 15) is 4.79 Å². The van der Waals surface area contributed by atoms with Crippen molar-refractivity contribution in [3.8, 4) is 10.6 Å². The van der Waals surface area contributed by atoms with Gasteiger partial charge < -0.3 is 15.1 Å². The van der Waals surface area contributed by atoms with Gasteiger partial charge in [0, 0.05) is 48.5 Å². The molecule has 0 radical (unpaired) electrons. The Morgan fingerprint density at radius 1 is 1.10 bits per heavy atom. The summed E-state index contributed by atoms with van der Waals surface area (Å²) in [5.74, 6) is -0.171. The van der Waals surface area contributed by atoms with Gasteiger partial charge in [0.15, 0.2) is 0 Å². The Balaban J connectivity index is 1.43. The minimum Gasteiger partial charge on any atom is -0.369 e. The van der Waals surface area contributed by atoms with Crippen LogP contribution in [0.5, 0.6) is 0 Å². The van der Waals surface area contributed by atoms with Crippen molar-refractivity contribution in [2.45, 2.75) is 13.8 Å². The van der Waals surface area contributed by atoms with Crippen LogP contribution >= 0.6 is 11.3 Å². The molecule has 2 aromatic carbocycles. The molecule has 5 nitrogen and oxygen atoms in total. The number of hydrogen-bond acceptors (Lipinski definition) is 5. The van der Waals surface area contributed by atoms with Crippen LogP contribution in [0.2, 0.25) is 0 Å². The first kappa shape index (κ1) is 19.6. The summed E-state index contributed by atoms with van der Waals surface area (Å²) >= 11 is 1.49. The number of aromatic nitrogens is 1. The molecule has 29 heavy (non-hydrogen) atoms. The van der Waals surface area contributed by atoms with E-state index >= 15 is 0 Å². The highest BCUT2D eigenvalue weighted by Gasteiger charge is 2.17. The van der Waals surface area contributed by atoms with E-state index < -0.39 is 0 Å². The van der Waals surface area contributed by atoms with Crippen LogP contribution in [0, 0.1) is 6.92 Å². The van der Waals surface area contributed by atoms with E-state index in [1.807, 2.05) is 48.7 Å². The molecule has 0 bridgehead atoms. The predicted molar refractivity (Wildman–Crippen MR) is 121 cm³/mol. The van der Waals surface area contributed by atoms with Crippen LogP contribution in [0.3, 0.4) is 0 Å². The van der Waals surface area contributed by atoms with E-state index in [2.05, 4.69) is 39.2 Å². The number of likely N-dealkylation sites (N-methyl/N-ethyl adjacent to an activating group) is 1. The number of amides is 1. The van der Waals surface area contributed by atoms with E-state index in [-0.39, 0.29) is 5.91 Å². The van der Waals surface area contributed by atoms with E-state index in [4.69, 9.17) is 0 Å². The van der Waals surface area contributed by atoms with Gasteiger partial charge in [0.05, 0.1) is 0 Å². The second-order valence-electron chi connectivity index (χ2n) is 7.28. The highest BCUT2D eigenvalue weighted by Crippen LogP contribution is 2.26. The summed E-state index contributed by atoms with van der Waals surface area (Å²) < 4.78 is 0. The molecular weight excluding hydrogens is 380 g/mol. The smallest absolute Gasteiger partial charge is 0.275 e. The molecule has 1 aliphatic rings. The Morgan fingerprint density at radius 2 is 1.86 bits per heavy atom. The Morgan fingerprint density at radius 3 is 2.55 bits per heavy atom. The molecule has 4 rings (SSSR count). The number of anilines is 2. The number of thiazole rings is 1. The maximum absolute atomic E-state index is 12.7. The first-order chi connectivity index (χ1) is 14.1. The fourth-order valence-electron chi connectivity index (χ4n) is 3.58. The van der Waals surface area contributed by atoms with Crippen molar-refractivity contribution in [3.05, 3.63) is 65.2 Å². The second-order valence-corrected chi connectivity index (χ2v) is 8.14. The van der Waals surface area contributed by atoms with Crippen LogP contribution in [-0.2, 0) is 0 Å². The van der Waals surface area contributed by atoms with Gasteiger partial charge in [-0.25, -0.2) is 4.98 Å². The first-order valence-electron chi connectivity index (χ1n) is 10.0. The molecule has 0 saturated carbocycles.